The van der Waals surface area contributed by atoms with E-state index in [0.717, 1.165) is 25.0 Å². The largest absolute Gasteiger partial charge is 0.416 e. The zero-order valence-corrected chi connectivity index (χ0v) is 16.6. The number of pyridine rings is 1. The predicted octanol–water partition coefficient (Wildman–Crippen LogP) is 4.61. The summed E-state index contributed by atoms with van der Waals surface area (Å²) in [6.45, 7) is 0. The van der Waals surface area contributed by atoms with E-state index in [2.05, 4.69) is 25.6 Å². The molecule has 1 aliphatic rings. The van der Waals surface area contributed by atoms with Crippen LogP contribution in [0.25, 0.3) is 21.8 Å². The van der Waals surface area contributed by atoms with E-state index < -0.39 is 17.6 Å². The van der Waals surface area contributed by atoms with Gasteiger partial charge in [-0.1, -0.05) is 12.1 Å². The molecule has 0 radical (unpaired) electrons. The van der Waals surface area contributed by atoms with Crippen molar-refractivity contribution >= 4 is 45.2 Å². The van der Waals surface area contributed by atoms with E-state index in [4.69, 9.17) is 5.73 Å². The molecule has 4 N–H and O–H groups in total. The minimum atomic E-state index is -4.48. The third-order valence-corrected chi connectivity index (χ3v) is 5.18. The fraction of sp³-hybridized carbons (Fsp3) is 0.182. The molecule has 0 spiro atoms. The molecule has 0 saturated heterocycles. The van der Waals surface area contributed by atoms with Crippen LogP contribution in [0, 0.1) is 0 Å². The highest BCUT2D eigenvalue weighted by atomic mass is 19.4. The van der Waals surface area contributed by atoms with Gasteiger partial charge in [0.2, 0.25) is 11.9 Å². The molecule has 1 saturated carbocycles. The summed E-state index contributed by atoms with van der Waals surface area (Å²) in [5.74, 6) is 0.0538. The highest BCUT2D eigenvalue weighted by Gasteiger charge is 2.30. The number of halogens is 3. The summed E-state index contributed by atoms with van der Waals surface area (Å²) in [5, 5.41) is 7.50. The summed E-state index contributed by atoms with van der Waals surface area (Å²) in [7, 11) is 0. The molecular formula is C22H17F3N6O. The van der Waals surface area contributed by atoms with E-state index in [1.807, 2.05) is 0 Å². The van der Waals surface area contributed by atoms with Gasteiger partial charge in [-0.2, -0.15) is 13.2 Å². The van der Waals surface area contributed by atoms with E-state index in [9.17, 15) is 18.0 Å². The van der Waals surface area contributed by atoms with Crippen molar-refractivity contribution in [3.8, 4) is 0 Å². The van der Waals surface area contributed by atoms with Gasteiger partial charge in [-0.25, -0.2) is 15.0 Å². The number of hydrogen-bond donors (Lipinski definition) is 3. The number of aromatic nitrogens is 3. The van der Waals surface area contributed by atoms with Crippen molar-refractivity contribution in [2.75, 3.05) is 10.6 Å². The molecule has 0 aliphatic heterocycles. The Morgan fingerprint density at radius 3 is 2.59 bits per heavy atom. The van der Waals surface area contributed by atoms with Crippen molar-refractivity contribution in [3.05, 3.63) is 59.8 Å². The van der Waals surface area contributed by atoms with Crippen molar-refractivity contribution in [2.24, 2.45) is 5.73 Å². The number of carbonyl (C=O) groups is 1. The summed E-state index contributed by atoms with van der Waals surface area (Å²) in [4.78, 5) is 25.1. The summed E-state index contributed by atoms with van der Waals surface area (Å²) in [6, 6.07) is 9.96. The zero-order valence-electron chi connectivity index (χ0n) is 16.6. The number of carbonyl (C=O) groups excluding carboxylic acids is 1. The minimum Gasteiger partial charge on any atom is -0.366 e. The minimum absolute atomic E-state index is 0.203. The molecule has 0 atom stereocenters. The first-order valence-corrected chi connectivity index (χ1v) is 9.89. The van der Waals surface area contributed by atoms with Gasteiger partial charge in [0.25, 0.3) is 0 Å². The lowest BCUT2D eigenvalue weighted by Gasteiger charge is -2.14. The Morgan fingerprint density at radius 2 is 1.88 bits per heavy atom. The third-order valence-electron chi connectivity index (χ3n) is 5.18. The van der Waals surface area contributed by atoms with E-state index in [-0.39, 0.29) is 17.1 Å². The summed E-state index contributed by atoms with van der Waals surface area (Å²) >= 11 is 0. The molecule has 5 rings (SSSR count). The third kappa shape index (κ3) is 3.86. The van der Waals surface area contributed by atoms with Crippen LogP contribution in [0.2, 0.25) is 0 Å². The number of nitrogens with two attached hydrogens (primary N) is 1. The second-order valence-electron chi connectivity index (χ2n) is 7.63. The Balaban J connectivity index is 1.67. The fourth-order valence-electron chi connectivity index (χ4n) is 3.41. The van der Waals surface area contributed by atoms with Gasteiger partial charge in [-0.05, 0) is 43.2 Å². The highest BCUT2D eigenvalue weighted by Crippen LogP contribution is 2.34. The first-order chi connectivity index (χ1) is 15.3. The molecule has 0 unspecified atom stereocenters. The van der Waals surface area contributed by atoms with Gasteiger partial charge in [-0.3, -0.25) is 4.79 Å². The van der Waals surface area contributed by atoms with E-state index in [0.29, 0.717) is 33.8 Å². The molecule has 2 aromatic heterocycles. The van der Waals surface area contributed by atoms with Crippen LogP contribution in [-0.4, -0.2) is 26.9 Å². The lowest BCUT2D eigenvalue weighted by molar-refractivity contribution is -0.137. The molecule has 4 aromatic rings. The molecule has 0 bridgehead atoms. The molecule has 1 fully saturated rings. The number of nitrogens with one attached hydrogen (secondary N) is 2. The molecule has 10 heteroatoms. The Hall–Kier alpha value is -3.95. The number of anilines is 3. The van der Waals surface area contributed by atoms with Crippen molar-refractivity contribution in [3.63, 3.8) is 0 Å². The maximum absolute atomic E-state index is 13.2. The maximum atomic E-state index is 13.2. The van der Waals surface area contributed by atoms with Gasteiger partial charge in [-0.15, -0.1) is 0 Å². The van der Waals surface area contributed by atoms with Gasteiger partial charge in [0.15, 0.2) is 5.82 Å². The molecule has 1 amide bonds. The van der Waals surface area contributed by atoms with Crippen molar-refractivity contribution in [1.82, 2.24) is 15.0 Å². The summed E-state index contributed by atoms with van der Waals surface area (Å²) < 4.78 is 39.5. The molecule has 162 valence electrons. The Labute approximate surface area is 179 Å². The van der Waals surface area contributed by atoms with Crippen LogP contribution in [-0.2, 0) is 6.18 Å². The van der Waals surface area contributed by atoms with Gasteiger partial charge in [0, 0.05) is 34.3 Å². The number of alkyl halides is 3. The van der Waals surface area contributed by atoms with E-state index in [1.54, 1.807) is 18.3 Å². The number of primary amides is 1. The topological polar surface area (TPSA) is 106 Å². The molecule has 1 aliphatic carbocycles. The zero-order chi connectivity index (χ0) is 22.5. The number of rotatable bonds is 5. The van der Waals surface area contributed by atoms with Crippen LogP contribution in [0.3, 0.4) is 0 Å². The van der Waals surface area contributed by atoms with E-state index >= 15 is 0 Å². The second-order valence-corrected chi connectivity index (χ2v) is 7.63. The smallest absolute Gasteiger partial charge is 0.366 e. The Kier molecular flexibility index (Phi) is 4.58. The lowest BCUT2D eigenvalue weighted by atomic mass is 10.1. The molecule has 32 heavy (non-hydrogen) atoms. The number of benzene rings is 2. The van der Waals surface area contributed by atoms with Crippen molar-refractivity contribution in [1.29, 1.82) is 0 Å². The van der Waals surface area contributed by atoms with Crippen LogP contribution in [0.1, 0.15) is 28.8 Å². The molecule has 7 nitrogen and oxygen atoms in total. The Morgan fingerprint density at radius 1 is 1.06 bits per heavy atom. The second kappa shape index (κ2) is 7.33. The monoisotopic (exact) mass is 438 g/mol. The number of hydrogen-bond acceptors (Lipinski definition) is 6. The molecular weight excluding hydrogens is 421 g/mol. The number of amides is 1. The first-order valence-electron chi connectivity index (χ1n) is 9.89. The summed E-state index contributed by atoms with van der Waals surface area (Å²) in [6.07, 6.45) is -0.778. The molecule has 2 heterocycles. The van der Waals surface area contributed by atoms with Gasteiger partial charge >= 0.3 is 6.18 Å². The quantitative estimate of drug-likeness (QED) is 0.393. The highest BCUT2D eigenvalue weighted by molar-refractivity contribution is 6.10. The average molecular weight is 438 g/mol. The normalized spacial score (nSPS) is 14.0. The first kappa shape index (κ1) is 20.0. The summed E-state index contributed by atoms with van der Waals surface area (Å²) in [5.41, 5.74) is 5.96. The average Bonchev–Trinajstić information content (AvgIpc) is 3.57. The fourth-order valence-corrected chi connectivity index (χ4v) is 3.41. The van der Waals surface area contributed by atoms with Crippen LogP contribution in [0.4, 0.5) is 30.6 Å². The predicted molar refractivity (Wildman–Crippen MR) is 115 cm³/mol. The van der Waals surface area contributed by atoms with Crippen LogP contribution < -0.4 is 16.4 Å². The van der Waals surface area contributed by atoms with Crippen LogP contribution >= 0.6 is 0 Å². The van der Waals surface area contributed by atoms with Crippen LogP contribution in [0.15, 0.2) is 48.7 Å². The number of fused-ring (bicyclic) bond motifs is 3. The van der Waals surface area contributed by atoms with Gasteiger partial charge in [0.05, 0.1) is 11.1 Å². The van der Waals surface area contributed by atoms with Gasteiger partial charge in [0.1, 0.15) is 5.52 Å². The van der Waals surface area contributed by atoms with E-state index in [1.165, 1.54) is 18.2 Å². The van der Waals surface area contributed by atoms with Crippen LogP contribution in [0.5, 0.6) is 0 Å². The lowest BCUT2D eigenvalue weighted by Crippen LogP contribution is -2.11. The van der Waals surface area contributed by atoms with Crippen molar-refractivity contribution < 1.29 is 18.0 Å². The standard InChI is InChI=1S/C22H17F3N6O/c23-22(24,25)12-2-1-3-14(9-12)28-20-18-16(10-27-21(31-18)29-13-5-6-13)15-7-4-11(19(26)32)8-17(15)30-20/h1-4,7-10,13H,5-6H2,(H2,26,32)(H,28,30)(H,27,29,31). The molecule has 2 aromatic carbocycles. The number of nitrogens with zero attached hydrogens (tertiary/aromatic N) is 3. The maximum Gasteiger partial charge on any atom is 0.416 e. The van der Waals surface area contributed by atoms with Gasteiger partial charge < -0.3 is 16.4 Å². The SMILES string of the molecule is NC(=O)c1ccc2c(c1)nc(Nc1cccc(C(F)(F)F)c1)c1nc(NC3CC3)ncc12. The van der Waals surface area contributed by atoms with Crippen molar-refractivity contribution in [2.45, 2.75) is 25.1 Å². The Bertz CT molecular complexity index is 1370.